The monoisotopic (exact) mass is 484 g/mol. The molecule has 0 spiro atoms. The van der Waals surface area contributed by atoms with Crippen molar-refractivity contribution in [2.24, 2.45) is 0 Å². The summed E-state index contributed by atoms with van der Waals surface area (Å²) in [6, 6.07) is 7.50. The molecule has 0 bridgehead atoms. The van der Waals surface area contributed by atoms with Gasteiger partial charge >= 0.3 is 6.09 Å². The van der Waals surface area contributed by atoms with Crippen LogP contribution in [0.4, 0.5) is 9.93 Å². The predicted octanol–water partition coefficient (Wildman–Crippen LogP) is 4.75. The summed E-state index contributed by atoms with van der Waals surface area (Å²) in [6.45, 7) is 8.57. The van der Waals surface area contributed by atoms with Crippen LogP contribution in [0.25, 0.3) is 20.4 Å². The van der Waals surface area contributed by atoms with E-state index >= 15 is 0 Å². The number of benzene rings is 1. The summed E-state index contributed by atoms with van der Waals surface area (Å²) in [5, 5.41) is 5.95. The molecule has 1 aromatic carbocycles. The Balaban J connectivity index is 1.31. The summed E-state index contributed by atoms with van der Waals surface area (Å²) in [4.78, 5) is 33.9. The number of morpholine rings is 1. The first-order chi connectivity index (χ1) is 15.8. The van der Waals surface area contributed by atoms with Crippen LogP contribution >= 0.6 is 22.7 Å². The standard InChI is InChI=1S/C23H24N4O4S2/c1-23(2,3)31-22(29)27-16-5-4-14(10-15(16)13-24-27)11-17(28)18-12-19-20(32-18)25-21(33-19)26-6-8-30-9-7-26/h4-5,10,12-13H,6-9,11H2,1-3H3. The molecule has 33 heavy (non-hydrogen) atoms. The van der Waals surface area contributed by atoms with Crippen LogP contribution in [0.3, 0.4) is 0 Å². The number of ketones is 1. The second-order valence-electron chi connectivity index (χ2n) is 8.91. The van der Waals surface area contributed by atoms with E-state index in [0.29, 0.717) is 10.4 Å². The summed E-state index contributed by atoms with van der Waals surface area (Å²) in [5.74, 6) is 0.0528. The van der Waals surface area contributed by atoms with Gasteiger partial charge in [-0.2, -0.15) is 9.78 Å². The highest BCUT2D eigenvalue weighted by Crippen LogP contribution is 2.35. The van der Waals surface area contributed by atoms with Crippen molar-refractivity contribution in [3.05, 3.63) is 40.9 Å². The van der Waals surface area contributed by atoms with E-state index in [9.17, 15) is 9.59 Å². The van der Waals surface area contributed by atoms with E-state index in [1.807, 2.05) is 39.0 Å². The van der Waals surface area contributed by atoms with Crippen LogP contribution in [0, 0.1) is 0 Å². The van der Waals surface area contributed by atoms with Gasteiger partial charge in [0.25, 0.3) is 0 Å². The first-order valence-electron chi connectivity index (χ1n) is 10.7. The Bertz CT molecular complexity index is 1310. The topological polar surface area (TPSA) is 86.6 Å². The van der Waals surface area contributed by atoms with Gasteiger partial charge in [-0.1, -0.05) is 17.4 Å². The molecule has 0 unspecified atom stereocenters. The van der Waals surface area contributed by atoms with Crippen molar-refractivity contribution >= 4 is 60.1 Å². The van der Waals surface area contributed by atoms with E-state index in [-0.39, 0.29) is 12.2 Å². The fourth-order valence-electron chi connectivity index (χ4n) is 3.67. The van der Waals surface area contributed by atoms with Crippen molar-refractivity contribution in [2.45, 2.75) is 32.8 Å². The van der Waals surface area contributed by atoms with Crippen molar-refractivity contribution in [3.8, 4) is 0 Å². The first-order valence-corrected chi connectivity index (χ1v) is 12.4. The van der Waals surface area contributed by atoms with E-state index in [1.165, 1.54) is 16.0 Å². The third-order valence-corrected chi connectivity index (χ3v) is 7.46. The molecule has 4 heterocycles. The van der Waals surface area contributed by atoms with Crippen LogP contribution < -0.4 is 4.90 Å². The molecule has 0 amide bonds. The highest BCUT2D eigenvalue weighted by atomic mass is 32.1. The van der Waals surface area contributed by atoms with Crippen LogP contribution in [0.1, 0.15) is 36.0 Å². The number of anilines is 1. The zero-order valence-electron chi connectivity index (χ0n) is 18.7. The Hall–Kier alpha value is -2.82. The highest BCUT2D eigenvalue weighted by molar-refractivity contribution is 7.29. The van der Waals surface area contributed by atoms with Gasteiger partial charge in [-0.05, 0) is 44.5 Å². The highest BCUT2D eigenvalue weighted by Gasteiger charge is 2.21. The number of carbonyl (C=O) groups excluding carboxylic acids is 2. The average molecular weight is 485 g/mol. The summed E-state index contributed by atoms with van der Waals surface area (Å²) >= 11 is 3.06. The Morgan fingerprint density at radius 3 is 2.67 bits per heavy atom. The van der Waals surface area contributed by atoms with Gasteiger partial charge in [-0.15, -0.1) is 11.3 Å². The minimum absolute atomic E-state index is 0.0528. The predicted molar refractivity (Wildman–Crippen MR) is 130 cm³/mol. The van der Waals surface area contributed by atoms with Gasteiger partial charge in [-0.25, -0.2) is 9.78 Å². The maximum absolute atomic E-state index is 12.9. The maximum Gasteiger partial charge on any atom is 0.435 e. The quantitative estimate of drug-likeness (QED) is 0.386. The Morgan fingerprint density at radius 2 is 1.94 bits per heavy atom. The second-order valence-corrected chi connectivity index (χ2v) is 10.9. The molecule has 5 rings (SSSR count). The number of fused-ring (bicyclic) bond motifs is 2. The number of Topliss-reactive ketones (excluding diaryl/α,β-unsaturated/α-hetero) is 1. The van der Waals surface area contributed by atoms with Crippen molar-refractivity contribution in [2.75, 3.05) is 31.2 Å². The van der Waals surface area contributed by atoms with E-state index in [2.05, 4.69) is 10.00 Å². The summed E-state index contributed by atoms with van der Waals surface area (Å²) < 4.78 is 13.1. The van der Waals surface area contributed by atoms with E-state index in [1.54, 1.807) is 23.6 Å². The normalized spacial score (nSPS) is 14.8. The number of carbonyl (C=O) groups is 2. The maximum atomic E-state index is 12.9. The van der Waals surface area contributed by atoms with Gasteiger partial charge in [0.15, 0.2) is 10.9 Å². The van der Waals surface area contributed by atoms with E-state index < -0.39 is 11.7 Å². The molecule has 0 N–H and O–H groups in total. The fraction of sp³-hybridized carbons (Fsp3) is 0.391. The molecule has 1 aliphatic heterocycles. The first kappa shape index (κ1) is 22.0. The molecule has 0 saturated carbocycles. The van der Waals surface area contributed by atoms with Crippen LogP contribution in [0.5, 0.6) is 0 Å². The minimum atomic E-state index is -0.603. The summed E-state index contributed by atoms with van der Waals surface area (Å²) in [5.41, 5.74) is 0.917. The number of aromatic nitrogens is 3. The molecular formula is C23H24N4O4S2. The minimum Gasteiger partial charge on any atom is -0.442 e. The number of rotatable bonds is 4. The lowest BCUT2D eigenvalue weighted by molar-refractivity contribution is 0.0522. The number of thiophene rings is 1. The molecule has 1 saturated heterocycles. The molecule has 3 aromatic heterocycles. The zero-order chi connectivity index (χ0) is 23.2. The summed E-state index contributed by atoms with van der Waals surface area (Å²) in [7, 11) is 0. The lowest BCUT2D eigenvalue weighted by Gasteiger charge is -2.25. The number of thiazole rings is 1. The smallest absolute Gasteiger partial charge is 0.435 e. The van der Waals surface area contributed by atoms with Crippen LogP contribution in [0.2, 0.25) is 0 Å². The van der Waals surface area contributed by atoms with Crippen molar-refractivity contribution in [1.82, 2.24) is 14.8 Å². The Morgan fingerprint density at radius 1 is 1.15 bits per heavy atom. The van der Waals surface area contributed by atoms with Gasteiger partial charge in [0, 0.05) is 24.9 Å². The van der Waals surface area contributed by atoms with Crippen LogP contribution in [-0.4, -0.2) is 58.5 Å². The molecular weight excluding hydrogens is 460 g/mol. The van der Waals surface area contributed by atoms with Crippen LogP contribution in [0.15, 0.2) is 30.5 Å². The number of hydrogen-bond donors (Lipinski definition) is 0. The third-order valence-electron chi connectivity index (χ3n) is 5.20. The molecule has 0 radical (unpaired) electrons. The van der Waals surface area contributed by atoms with Crippen LogP contribution in [-0.2, 0) is 15.9 Å². The van der Waals surface area contributed by atoms with Gasteiger partial charge in [0.2, 0.25) is 0 Å². The van der Waals surface area contributed by atoms with Crippen molar-refractivity contribution in [1.29, 1.82) is 0 Å². The zero-order valence-corrected chi connectivity index (χ0v) is 20.3. The Kier molecular flexibility index (Phi) is 5.67. The van der Waals surface area contributed by atoms with E-state index in [0.717, 1.165) is 51.9 Å². The van der Waals surface area contributed by atoms with Gasteiger partial charge in [0.1, 0.15) is 10.4 Å². The lowest BCUT2D eigenvalue weighted by atomic mass is 10.1. The largest absolute Gasteiger partial charge is 0.442 e. The number of hydrogen-bond acceptors (Lipinski definition) is 9. The van der Waals surface area contributed by atoms with Gasteiger partial charge in [-0.3, -0.25) is 4.79 Å². The Labute approximate surface area is 198 Å². The second kappa shape index (κ2) is 8.51. The number of ether oxygens (including phenoxy) is 2. The van der Waals surface area contributed by atoms with Gasteiger partial charge in [0.05, 0.1) is 34.5 Å². The van der Waals surface area contributed by atoms with Gasteiger partial charge < -0.3 is 14.4 Å². The molecule has 172 valence electrons. The lowest BCUT2D eigenvalue weighted by Crippen LogP contribution is -2.36. The average Bonchev–Trinajstić information content (AvgIpc) is 3.46. The summed E-state index contributed by atoms with van der Waals surface area (Å²) in [6.07, 6.45) is 1.37. The molecule has 0 aliphatic carbocycles. The fourth-order valence-corrected chi connectivity index (χ4v) is 5.87. The molecule has 0 atom stereocenters. The molecule has 10 heteroatoms. The number of nitrogens with zero attached hydrogens (tertiary/aromatic N) is 4. The third kappa shape index (κ3) is 4.64. The molecule has 1 aliphatic rings. The molecule has 4 aromatic rings. The van der Waals surface area contributed by atoms with Crippen molar-refractivity contribution < 1.29 is 19.1 Å². The molecule has 1 fully saturated rings. The molecule has 8 nitrogen and oxygen atoms in total. The van der Waals surface area contributed by atoms with Crippen molar-refractivity contribution in [3.63, 3.8) is 0 Å². The van der Waals surface area contributed by atoms with E-state index in [4.69, 9.17) is 14.5 Å². The SMILES string of the molecule is CC(C)(C)OC(=O)n1ncc2cc(CC(=O)c3cc4sc(N5CCOCC5)nc4s3)ccc21.